The van der Waals surface area contributed by atoms with Gasteiger partial charge in [0.05, 0.1) is 23.0 Å². The van der Waals surface area contributed by atoms with Gasteiger partial charge >= 0.3 is 6.18 Å². The number of alkyl halides is 5. The van der Waals surface area contributed by atoms with E-state index in [9.17, 15) is 41.8 Å². The van der Waals surface area contributed by atoms with Gasteiger partial charge in [-0.05, 0) is 49.4 Å². The first-order valence-corrected chi connectivity index (χ1v) is 14.5. The maximum atomic E-state index is 14.4. The molecule has 8 nitrogen and oxygen atoms in total. The van der Waals surface area contributed by atoms with Crippen molar-refractivity contribution in [2.45, 2.75) is 88.0 Å². The number of aromatic nitrogens is 1. The number of likely N-dealkylation sites (tertiary alicyclic amines) is 1. The number of halogens is 5. The zero-order valence-electron chi connectivity index (χ0n) is 23.3. The van der Waals surface area contributed by atoms with E-state index in [4.69, 9.17) is 4.98 Å². The molecule has 1 spiro atoms. The lowest BCUT2D eigenvalue weighted by atomic mass is 9.58. The first kappa shape index (κ1) is 30.0. The molecule has 3 aliphatic heterocycles. The molecule has 13 heteroatoms. The highest BCUT2D eigenvalue weighted by Gasteiger charge is 2.59. The van der Waals surface area contributed by atoms with Crippen molar-refractivity contribution in [3.63, 3.8) is 0 Å². The van der Waals surface area contributed by atoms with Crippen LogP contribution in [0.4, 0.5) is 22.0 Å². The Bertz CT molecular complexity index is 1410. The van der Waals surface area contributed by atoms with E-state index in [0.29, 0.717) is 35.6 Å². The van der Waals surface area contributed by atoms with Crippen molar-refractivity contribution < 1.29 is 41.8 Å². The zero-order valence-corrected chi connectivity index (χ0v) is 23.3. The molecule has 1 aromatic heterocycles. The normalized spacial score (nSPS) is 29.5. The van der Waals surface area contributed by atoms with Gasteiger partial charge in [0.2, 0.25) is 17.7 Å². The van der Waals surface area contributed by atoms with Gasteiger partial charge in [0.1, 0.15) is 11.8 Å². The number of fused-ring (bicyclic) bond motifs is 1. The SMILES string of the molecule is O=C1CC[C@@H](N2Cc3nc([C@]4(O)CCN(Cc5ccc(C(F)(F)F)cc5)CC45CCC(F)(F)CC5)ccc3C2O)C(=O)N1. The first-order chi connectivity index (χ1) is 20.2. The minimum Gasteiger partial charge on any atom is -0.383 e. The summed E-state index contributed by atoms with van der Waals surface area (Å²) < 4.78 is 67.8. The van der Waals surface area contributed by atoms with E-state index in [2.05, 4.69) is 5.32 Å². The van der Waals surface area contributed by atoms with Crippen LogP contribution >= 0.6 is 0 Å². The molecule has 0 radical (unpaired) electrons. The highest BCUT2D eigenvalue weighted by atomic mass is 19.4. The van der Waals surface area contributed by atoms with Gasteiger partial charge in [-0.2, -0.15) is 13.2 Å². The quantitative estimate of drug-likeness (QED) is 0.356. The number of nitrogens with one attached hydrogen (secondary N) is 1. The maximum Gasteiger partial charge on any atom is 0.416 e. The third-order valence-corrected chi connectivity index (χ3v) is 9.79. The Hall–Kier alpha value is -3.00. The van der Waals surface area contributed by atoms with E-state index in [1.165, 1.54) is 12.1 Å². The Kier molecular flexibility index (Phi) is 7.38. The fourth-order valence-corrected chi connectivity index (χ4v) is 7.30. The van der Waals surface area contributed by atoms with E-state index in [1.54, 1.807) is 17.0 Å². The van der Waals surface area contributed by atoms with Crippen LogP contribution in [-0.2, 0) is 34.5 Å². The maximum absolute atomic E-state index is 14.4. The van der Waals surface area contributed by atoms with Crippen molar-refractivity contribution >= 4 is 11.8 Å². The highest BCUT2D eigenvalue weighted by molar-refractivity contribution is 6.00. The molecule has 6 rings (SSSR count). The lowest BCUT2D eigenvalue weighted by Gasteiger charge is -2.56. The monoisotopic (exact) mass is 608 g/mol. The summed E-state index contributed by atoms with van der Waals surface area (Å²) in [5.41, 5.74) is -1.41. The zero-order chi connectivity index (χ0) is 30.8. The van der Waals surface area contributed by atoms with E-state index < -0.39 is 59.7 Å². The molecular formula is C30H33F5N4O4. The molecule has 1 saturated carbocycles. The van der Waals surface area contributed by atoms with Gasteiger partial charge in [0, 0.05) is 56.4 Å². The van der Waals surface area contributed by atoms with Gasteiger partial charge in [0.15, 0.2) is 0 Å². The van der Waals surface area contributed by atoms with Crippen LogP contribution in [0, 0.1) is 5.41 Å². The van der Waals surface area contributed by atoms with Crippen LogP contribution in [0.25, 0.3) is 0 Å². The number of amides is 2. The Morgan fingerprint density at radius 2 is 1.70 bits per heavy atom. The smallest absolute Gasteiger partial charge is 0.383 e. The summed E-state index contributed by atoms with van der Waals surface area (Å²) in [6, 6.07) is 7.39. The molecule has 2 aromatic rings. The second-order valence-electron chi connectivity index (χ2n) is 12.4. The molecule has 4 aliphatic rings. The van der Waals surface area contributed by atoms with Gasteiger partial charge in [-0.15, -0.1) is 0 Å². The lowest BCUT2D eigenvalue weighted by molar-refractivity contribution is -0.189. The molecule has 3 N–H and O–H groups in total. The minimum atomic E-state index is -4.45. The summed E-state index contributed by atoms with van der Waals surface area (Å²) in [6.45, 7) is 1.03. The molecule has 1 aromatic carbocycles. The van der Waals surface area contributed by atoms with E-state index >= 15 is 0 Å². The van der Waals surface area contributed by atoms with Gasteiger partial charge < -0.3 is 10.2 Å². The van der Waals surface area contributed by atoms with E-state index in [1.807, 2.05) is 4.90 Å². The Balaban J connectivity index is 1.26. The number of aliphatic hydroxyl groups is 2. The number of benzene rings is 1. The molecule has 2 saturated heterocycles. The number of rotatable bonds is 4. The van der Waals surface area contributed by atoms with Crippen molar-refractivity contribution in [1.29, 1.82) is 0 Å². The molecule has 43 heavy (non-hydrogen) atoms. The Morgan fingerprint density at radius 3 is 2.35 bits per heavy atom. The number of imide groups is 1. The van der Waals surface area contributed by atoms with Gasteiger partial charge in [0.25, 0.3) is 0 Å². The predicted octanol–water partition coefficient (Wildman–Crippen LogP) is 4.00. The number of aliphatic hydroxyl groups excluding tert-OH is 1. The standard InChI is InChI=1S/C30H33F5N4O4/c31-28(32)11-9-27(10-12-28)17-38(15-18-1-3-19(4-2-18)30(33,34)35)14-13-29(27,43)23-7-5-20-21(36-23)16-39(26(20)42)22-6-8-24(40)37-25(22)41/h1-5,7,22,26,42-43H,6,8-17H2,(H,37,40,41)/t22-,26?,29-/m1/s1. The summed E-state index contributed by atoms with van der Waals surface area (Å²) in [5.74, 6) is -3.73. The predicted molar refractivity (Wildman–Crippen MR) is 142 cm³/mol. The van der Waals surface area contributed by atoms with Crippen LogP contribution in [-0.4, -0.2) is 61.9 Å². The van der Waals surface area contributed by atoms with Crippen molar-refractivity contribution in [3.8, 4) is 0 Å². The number of hydrogen-bond donors (Lipinski definition) is 3. The van der Waals surface area contributed by atoms with Crippen LogP contribution in [0.5, 0.6) is 0 Å². The lowest BCUT2D eigenvalue weighted by Crippen LogP contribution is -2.60. The summed E-state index contributed by atoms with van der Waals surface area (Å²) in [6.07, 6.45) is -5.77. The number of carbonyl (C=O) groups excluding carboxylic acids is 2. The van der Waals surface area contributed by atoms with E-state index in [-0.39, 0.29) is 51.1 Å². The van der Waals surface area contributed by atoms with E-state index in [0.717, 1.165) is 12.1 Å². The highest BCUT2D eigenvalue weighted by Crippen LogP contribution is 2.57. The van der Waals surface area contributed by atoms with Crippen molar-refractivity contribution in [2.75, 3.05) is 13.1 Å². The summed E-state index contributed by atoms with van der Waals surface area (Å²) in [5, 5.41) is 25.6. The van der Waals surface area contributed by atoms with Crippen molar-refractivity contribution in [2.24, 2.45) is 5.41 Å². The Morgan fingerprint density at radius 1 is 1.00 bits per heavy atom. The summed E-state index contributed by atoms with van der Waals surface area (Å²) in [4.78, 5) is 32.4. The fourth-order valence-electron chi connectivity index (χ4n) is 7.30. The van der Waals surface area contributed by atoms with Crippen LogP contribution < -0.4 is 5.32 Å². The number of pyridine rings is 1. The molecule has 1 aliphatic carbocycles. The van der Waals surface area contributed by atoms with Crippen molar-refractivity contribution in [1.82, 2.24) is 20.1 Å². The molecule has 3 fully saturated rings. The summed E-state index contributed by atoms with van der Waals surface area (Å²) >= 11 is 0. The average Bonchev–Trinajstić information content (AvgIpc) is 3.27. The second kappa shape index (κ2) is 10.6. The third kappa shape index (κ3) is 5.45. The van der Waals surface area contributed by atoms with Crippen LogP contribution in [0.3, 0.4) is 0 Å². The molecule has 0 bridgehead atoms. The van der Waals surface area contributed by atoms with Gasteiger partial charge in [-0.25, -0.2) is 8.78 Å². The minimum absolute atomic E-state index is 0.0315. The van der Waals surface area contributed by atoms with Crippen LogP contribution in [0.15, 0.2) is 36.4 Å². The van der Waals surface area contributed by atoms with Crippen molar-refractivity contribution in [3.05, 3.63) is 64.5 Å². The van der Waals surface area contributed by atoms with Crippen LogP contribution in [0.2, 0.25) is 0 Å². The van der Waals surface area contributed by atoms with Gasteiger partial charge in [-0.1, -0.05) is 18.2 Å². The molecular weight excluding hydrogens is 575 g/mol. The largest absolute Gasteiger partial charge is 0.416 e. The Labute approximate surface area is 244 Å². The molecule has 232 valence electrons. The molecule has 3 atom stereocenters. The number of piperidine rings is 2. The topological polar surface area (TPSA) is 106 Å². The number of carbonyl (C=O) groups is 2. The molecule has 2 amide bonds. The average molecular weight is 609 g/mol. The second-order valence-corrected chi connectivity index (χ2v) is 12.4. The molecule has 1 unspecified atom stereocenters. The fraction of sp³-hybridized carbons (Fsp3) is 0.567. The first-order valence-electron chi connectivity index (χ1n) is 14.5. The third-order valence-electron chi connectivity index (χ3n) is 9.79. The summed E-state index contributed by atoms with van der Waals surface area (Å²) in [7, 11) is 0. The van der Waals surface area contributed by atoms with Crippen LogP contribution in [0.1, 0.15) is 79.3 Å². The molecule has 4 heterocycles. The number of hydrogen-bond acceptors (Lipinski definition) is 7. The van der Waals surface area contributed by atoms with Gasteiger partial charge in [-0.3, -0.25) is 29.7 Å². The number of nitrogens with zero attached hydrogens (tertiary/aromatic N) is 3.